The summed E-state index contributed by atoms with van der Waals surface area (Å²) in [5.74, 6) is 0.168. The van der Waals surface area contributed by atoms with E-state index in [9.17, 15) is 4.79 Å². The second kappa shape index (κ2) is 7.76. The van der Waals surface area contributed by atoms with Crippen molar-refractivity contribution in [2.24, 2.45) is 0 Å². The molecule has 0 saturated carbocycles. The standard InChI is InChI=1S/C15H25N3OS/c1-3-4-15(19)16-11-14(13-5-10-20-12-13)18-8-6-17(2)7-9-18/h5,10,12,14H,3-4,6-9,11H2,1-2H3,(H,16,19)/t14-/m0/s1. The number of thiophene rings is 1. The SMILES string of the molecule is CCCC(=O)NC[C@@H](c1ccsc1)N1CCN(C)CC1. The molecule has 5 heteroatoms. The molecule has 2 rings (SSSR count). The first-order valence-corrected chi connectivity index (χ1v) is 8.36. The first-order chi connectivity index (χ1) is 9.70. The number of piperazine rings is 1. The van der Waals surface area contributed by atoms with Crippen LogP contribution >= 0.6 is 11.3 Å². The van der Waals surface area contributed by atoms with Gasteiger partial charge in [-0.05, 0) is 35.9 Å². The molecule has 1 N–H and O–H groups in total. The van der Waals surface area contributed by atoms with Crippen LogP contribution in [0.15, 0.2) is 16.8 Å². The molecule has 1 fully saturated rings. The lowest BCUT2D eigenvalue weighted by Gasteiger charge is -2.38. The van der Waals surface area contributed by atoms with Gasteiger partial charge in [0.15, 0.2) is 0 Å². The van der Waals surface area contributed by atoms with Crippen LogP contribution in [-0.2, 0) is 4.79 Å². The summed E-state index contributed by atoms with van der Waals surface area (Å²) in [4.78, 5) is 16.6. The second-order valence-electron chi connectivity index (χ2n) is 5.47. The fraction of sp³-hybridized carbons (Fsp3) is 0.667. The maximum Gasteiger partial charge on any atom is 0.220 e. The van der Waals surface area contributed by atoms with Crippen molar-refractivity contribution in [3.63, 3.8) is 0 Å². The molecule has 2 heterocycles. The van der Waals surface area contributed by atoms with Crippen LogP contribution in [0.5, 0.6) is 0 Å². The van der Waals surface area contributed by atoms with Crippen LogP contribution in [0.2, 0.25) is 0 Å². The molecule has 0 spiro atoms. The average Bonchev–Trinajstić information content (AvgIpc) is 2.95. The highest BCUT2D eigenvalue weighted by atomic mass is 32.1. The van der Waals surface area contributed by atoms with Crippen molar-refractivity contribution >= 4 is 17.2 Å². The topological polar surface area (TPSA) is 35.6 Å². The predicted octanol–water partition coefficient (Wildman–Crippen LogP) is 1.95. The molecule has 0 bridgehead atoms. The minimum Gasteiger partial charge on any atom is -0.354 e. The summed E-state index contributed by atoms with van der Waals surface area (Å²) < 4.78 is 0. The minimum absolute atomic E-state index is 0.168. The Balaban J connectivity index is 1.96. The highest BCUT2D eigenvalue weighted by Gasteiger charge is 2.24. The number of hydrogen-bond donors (Lipinski definition) is 1. The van der Waals surface area contributed by atoms with Crippen molar-refractivity contribution in [1.29, 1.82) is 0 Å². The van der Waals surface area contributed by atoms with Crippen LogP contribution in [0.4, 0.5) is 0 Å². The van der Waals surface area contributed by atoms with Gasteiger partial charge in [-0.1, -0.05) is 6.92 Å². The van der Waals surface area contributed by atoms with E-state index in [1.165, 1.54) is 5.56 Å². The number of carbonyl (C=O) groups is 1. The van der Waals surface area contributed by atoms with Gasteiger partial charge in [0.05, 0.1) is 6.04 Å². The molecular weight excluding hydrogens is 270 g/mol. The molecule has 20 heavy (non-hydrogen) atoms. The van der Waals surface area contributed by atoms with E-state index in [2.05, 4.69) is 39.0 Å². The smallest absolute Gasteiger partial charge is 0.220 e. The van der Waals surface area contributed by atoms with Crippen molar-refractivity contribution in [3.8, 4) is 0 Å². The summed E-state index contributed by atoms with van der Waals surface area (Å²) in [7, 11) is 2.17. The van der Waals surface area contributed by atoms with E-state index in [0.717, 1.165) is 39.1 Å². The number of amides is 1. The summed E-state index contributed by atoms with van der Waals surface area (Å²) in [6.07, 6.45) is 1.53. The van der Waals surface area contributed by atoms with E-state index in [-0.39, 0.29) is 5.91 Å². The maximum atomic E-state index is 11.7. The van der Waals surface area contributed by atoms with E-state index < -0.39 is 0 Å². The summed E-state index contributed by atoms with van der Waals surface area (Å²) in [5.41, 5.74) is 1.33. The molecule has 0 aromatic carbocycles. The molecule has 1 aliphatic heterocycles. The highest BCUT2D eigenvalue weighted by Crippen LogP contribution is 2.23. The molecule has 0 unspecified atom stereocenters. The van der Waals surface area contributed by atoms with Gasteiger partial charge >= 0.3 is 0 Å². The number of carbonyl (C=O) groups excluding carboxylic acids is 1. The molecule has 1 atom stereocenters. The van der Waals surface area contributed by atoms with Crippen molar-refractivity contribution in [2.45, 2.75) is 25.8 Å². The Hall–Kier alpha value is -0.910. The fourth-order valence-electron chi connectivity index (χ4n) is 2.58. The van der Waals surface area contributed by atoms with E-state index in [1.54, 1.807) is 11.3 Å². The summed E-state index contributed by atoms with van der Waals surface area (Å²) in [6, 6.07) is 2.50. The molecular formula is C15H25N3OS. The quantitative estimate of drug-likeness (QED) is 0.871. The van der Waals surface area contributed by atoms with Crippen molar-refractivity contribution in [1.82, 2.24) is 15.1 Å². The Bertz CT molecular complexity index is 399. The fourth-order valence-corrected chi connectivity index (χ4v) is 3.29. The molecule has 1 aromatic rings. The van der Waals surface area contributed by atoms with Gasteiger partial charge in [-0.15, -0.1) is 0 Å². The Morgan fingerprint density at radius 2 is 2.15 bits per heavy atom. The van der Waals surface area contributed by atoms with Crippen LogP contribution in [0.3, 0.4) is 0 Å². The maximum absolute atomic E-state index is 11.7. The Morgan fingerprint density at radius 3 is 2.75 bits per heavy atom. The van der Waals surface area contributed by atoms with E-state index >= 15 is 0 Å². The third kappa shape index (κ3) is 4.30. The monoisotopic (exact) mass is 295 g/mol. The lowest BCUT2D eigenvalue weighted by Crippen LogP contribution is -2.48. The van der Waals surface area contributed by atoms with Crippen LogP contribution in [0.1, 0.15) is 31.4 Å². The molecule has 1 aromatic heterocycles. The van der Waals surface area contributed by atoms with Gasteiger partial charge in [0, 0.05) is 39.1 Å². The normalized spacial score (nSPS) is 18.9. The predicted molar refractivity (Wildman–Crippen MR) is 84.0 cm³/mol. The number of hydrogen-bond acceptors (Lipinski definition) is 4. The zero-order valence-corrected chi connectivity index (χ0v) is 13.3. The highest BCUT2D eigenvalue weighted by molar-refractivity contribution is 7.07. The minimum atomic E-state index is 0.168. The largest absolute Gasteiger partial charge is 0.354 e. The molecule has 1 amide bonds. The molecule has 0 aliphatic carbocycles. The van der Waals surface area contributed by atoms with Crippen molar-refractivity contribution in [3.05, 3.63) is 22.4 Å². The number of nitrogens with zero attached hydrogens (tertiary/aromatic N) is 2. The summed E-state index contributed by atoms with van der Waals surface area (Å²) in [5, 5.41) is 7.41. The van der Waals surface area contributed by atoms with Crippen LogP contribution in [0, 0.1) is 0 Å². The Labute approximate surface area is 125 Å². The number of nitrogens with one attached hydrogen (secondary N) is 1. The van der Waals surface area contributed by atoms with Gasteiger partial charge < -0.3 is 10.2 Å². The van der Waals surface area contributed by atoms with Crippen LogP contribution < -0.4 is 5.32 Å². The lowest BCUT2D eigenvalue weighted by molar-refractivity contribution is -0.121. The molecule has 0 radical (unpaired) electrons. The first-order valence-electron chi connectivity index (χ1n) is 7.42. The van der Waals surface area contributed by atoms with Gasteiger partial charge in [-0.2, -0.15) is 11.3 Å². The van der Waals surface area contributed by atoms with E-state index in [1.807, 2.05) is 6.92 Å². The van der Waals surface area contributed by atoms with E-state index in [4.69, 9.17) is 0 Å². The van der Waals surface area contributed by atoms with Crippen LogP contribution in [-0.4, -0.2) is 55.5 Å². The van der Waals surface area contributed by atoms with Crippen molar-refractivity contribution in [2.75, 3.05) is 39.8 Å². The Kier molecular flexibility index (Phi) is 6.01. The molecule has 4 nitrogen and oxygen atoms in total. The van der Waals surface area contributed by atoms with Gasteiger partial charge in [-0.25, -0.2) is 0 Å². The van der Waals surface area contributed by atoms with Gasteiger partial charge in [0.2, 0.25) is 5.91 Å². The lowest BCUT2D eigenvalue weighted by atomic mass is 10.1. The molecule has 112 valence electrons. The summed E-state index contributed by atoms with van der Waals surface area (Å²) in [6.45, 7) is 7.10. The third-order valence-electron chi connectivity index (χ3n) is 3.88. The Morgan fingerprint density at radius 1 is 1.40 bits per heavy atom. The van der Waals surface area contributed by atoms with Gasteiger partial charge in [0.25, 0.3) is 0 Å². The van der Waals surface area contributed by atoms with Gasteiger partial charge in [0.1, 0.15) is 0 Å². The van der Waals surface area contributed by atoms with E-state index in [0.29, 0.717) is 12.5 Å². The third-order valence-corrected chi connectivity index (χ3v) is 4.58. The van der Waals surface area contributed by atoms with Crippen molar-refractivity contribution < 1.29 is 4.79 Å². The number of rotatable bonds is 6. The molecule has 1 aliphatic rings. The first kappa shape index (κ1) is 15.5. The summed E-state index contributed by atoms with van der Waals surface area (Å²) >= 11 is 1.73. The number of likely N-dealkylation sites (N-methyl/N-ethyl adjacent to an activating group) is 1. The average molecular weight is 295 g/mol. The van der Waals surface area contributed by atoms with Gasteiger partial charge in [-0.3, -0.25) is 9.69 Å². The second-order valence-corrected chi connectivity index (χ2v) is 6.25. The zero-order valence-electron chi connectivity index (χ0n) is 12.5. The molecule has 1 saturated heterocycles. The van der Waals surface area contributed by atoms with Crippen LogP contribution in [0.25, 0.3) is 0 Å². The zero-order chi connectivity index (χ0) is 14.4.